The van der Waals surface area contributed by atoms with Crippen molar-refractivity contribution in [1.29, 1.82) is 0 Å². The molecular weight excluding hydrogens is 298 g/mol. The maximum Gasteiger partial charge on any atom is 0.228 e. The lowest BCUT2D eigenvalue weighted by atomic mass is 10.0. The molecule has 0 amide bonds. The van der Waals surface area contributed by atoms with E-state index in [1.54, 1.807) is 0 Å². The van der Waals surface area contributed by atoms with Crippen LogP contribution in [0.1, 0.15) is 69.7 Å². The maximum absolute atomic E-state index is 5.50. The Labute approximate surface area is 145 Å². The SMILES string of the molecule is CCCCCCCCCCc1ccc(-c2noc(CCN)n2)cc1. The van der Waals surface area contributed by atoms with E-state index in [0.717, 1.165) is 12.0 Å². The number of benzene rings is 1. The lowest BCUT2D eigenvalue weighted by molar-refractivity contribution is 0.380. The number of rotatable bonds is 12. The van der Waals surface area contributed by atoms with E-state index >= 15 is 0 Å². The van der Waals surface area contributed by atoms with Crippen LogP contribution in [0.2, 0.25) is 0 Å². The zero-order valence-electron chi connectivity index (χ0n) is 15.0. The van der Waals surface area contributed by atoms with Gasteiger partial charge in [0.2, 0.25) is 11.7 Å². The van der Waals surface area contributed by atoms with Crippen molar-refractivity contribution in [2.45, 2.75) is 71.1 Å². The molecule has 0 unspecified atom stereocenters. The molecule has 4 nitrogen and oxygen atoms in total. The molecule has 0 aliphatic carbocycles. The van der Waals surface area contributed by atoms with Crippen molar-refractivity contribution < 1.29 is 4.52 Å². The predicted molar refractivity (Wildman–Crippen MR) is 98.8 cm³/mol. The van der Waals surface area contributed by atoms with Gasteiger partial charge in [-0.15, -0.1) is 0 Å². The number of hydrogen-bond donors (Lipinski definition) is 1. The number of nitrogens with two attached hydrogens (primary N) is 1. The molecule has 0 atom stereocenters. The molecule has 2 rings (SSSR count). The first-order valence-electron chi connectivity index (χ1n) is 9.45. The Kier molecular flexibility index (Phi) is 8.53. The molecule has 4 heteroatoms. The van der Waals surface area contributed by atoms with Gasteiger partial charge in [0.1, 0.15) is 0 Å². The van der Waals surface area contributed by atoms with Crippen molar-refractivity contribution in [2.24, 2.45) is 5.73 Å². The topological polar surface area (TPSA) is 64.9 Å². The van der Waals surface area contributed by atoms with E-state index in [0.29, 0.717) is 24.7 Å². The molecule has 0 radical (unpaired) electrons. The van der Waals surface area contributed by atoms with E-state index in [9.17, 15) is 0 Å². The van der Waals surface area contributed by atoms with Crippen LogP contribution < -0.4 is 5.73 Å². The molecule has 2 aromatic rings. The third-order valence-corrected chi connectivity index (χ3v) is 4.36. The summed E-state index contributed by atoms with van der Waals surface area (Å²) in [5, 5.41) is 4.01. The number of unbranched alkanes of at least 4 members (excludes halogenated alkanes) is 7. The summed E-state index contributed by atoms with van der Waals surface area (Å²) >= 11 is 0. The van der Waals surface area contributed by atoms with E-state index < -0.39 is 0 Å². The van der Waals surface area contributed by atoms with Gasteiger partial charge in [-0.25, -0.2) is 0 Å². The molecule has 0 bridgehead atoms. The summed E-state index contributed by atoms with van der Waals surface area (Å²) in [4.78, 5) is 4.36. The average Bonchev–Trinajstić information content (AvgIpc) is 3.07. The lowest BCUT2D eigenvalue weighted by Crippen LogP contribution is -2.02. The van der Waals surface area contributed by atoms with E-state index in [4.69, 9.17) is 10.3 Å². The monoisotopic (exact) mass is 329 g/mol. The molecule has 0 spiro atoms. The van der Waals surface area contributed by atoms with E-state index in [1.807, 2.05) is 0 Å². The summed E-state index contributed by atoms with van der Waals surface area (Å²) in [6.07, 6.45) is 12.7. The highest BCUT2D eigenvalue weighted by molar-refractivity contribution is 5.54. The van der Waals surface area contributed by atoms with Crippen molar-refractivity contribution >= 4 is 0 Å². The van der Waals surface area contributed by atoms with E-state index in [1.165, 1.54) is 56.9 Å². The molecule has 0 fully saturated rings. The second-order valence-electron chi connectivity index (χ2n) is 6.47. The van der Waals surface area contributed by atoms with Crippen LogP contribution >= 0.6 is 0 Å². The fourth-order valence-corrected chi connectivity index (χ4v) is 2.88. The van der Waals surface area contributed by atoms with Crippen LogP contribution in [-0.4, -0.2) is 16.7 Å². The average molecular weight is 329 g/mol. The molecule has 0 saturated heterocycles. The fraction of sp³-hybridized carbons (Fsp3) is 0.600. The minimum atomic E-state index is 0.527. The lowest BCUT2D eigenvalue weighted by Gasteiger charge is -2.03. The highest BCUT2D eigenvalue weighted by atomic mass is 16.5. The summed E-state index contributed by atoms with van der Waals surface area (Å²) in [7, 11) is 0. The van der Waals surface area contributed by atoms with Crippen LogP contribution in [0.5, 0.6) is 0 Å². The number of aryl methyl sites for hydroxylation is 1. The summed E-state index contributed by atoms with van der Waals surface area (Å²) in [6, 6.07) is 8.51. The van der Waals surface area contributed by atoms with Gasteiger partial charge in [-0.05, 0) is 18.4 Å². The van der Waals surface area contributed by atoms with Gasteiger partial charge in [0.05, 0.1) is 0 Å². The van der Waals surface area contributed by atoms with Crippen molar-refractivity contribution in [1.82, 2.24) is 10.1 Å². The summed E-state index contributed by atoms with van der Waals surface area (Å²) < 4.78 is 5.18. The molecule has 24 heavy (non-hydrogen) atoms. The van der Waals surface area contributed by atoms with E-state index in [2.05, 4.69) is 41.3 Å². The van der Waals surface area contributed by atoms with E-state index in [-0.39, 0.29) is 0 Å². The molecule has 1 heterocycles. The zero-order valence-corrected chi connectivity index (χ0v) is 15.0. The second kappa shape index (κ2) is 11.0. The molecule has 0 aliphatic rings. The minimum absolute atomic E-state index is 0.527. The Morgan fingerprint density at radius 3 is 2.21 bits per heavy atom. The highest BCUT2D eigenvalue weighted by Gasteiger charge is 2.07. The van der Waals surface area contributed by atoms with Crippen LogP contribution in [0.15, 0.2) is 28.8 Å². The maximum atomic E-state index is 5.50. The first-order chi connectivity index (χ1) is 11.8. The molecule has 2 N–H and O–H groups in total. The Balaban J connectivity index is 1.68. The predicted octanol–water partition coefficient (Wildman–Crippen LogP) is 4.92. The number of hydrogen-bond acceptors (Lipinski definition) is 4. The van der Waals surface area contributed by atoms with Crippen LogP contribution in [0.25, 0.3) is 11.4 Å². The first-order valence-corrected chi connectivity index (χ1v) is 9.45. The van der Waals surface area contributed by atoms with Gasteiger partial charge in [-0.2, -0.15) is 4.98 Å². The molecular formula is C20H31N3O. The van der Waals surface area contributed by atoms with Crippen LogP contribution in [0, 0.1) is 0 Å². The molecule has 0 aliphatic heterocycles. The molecule has 1 aromatic carbocycles. The second-order valence-corrected chi connectivity index (χ2v) is 6.47. The highest BCUT2D eigenvalue weighted by Crippen LogP contribution is 2.18. The minimum Gasteiger partial charge on any atom is -0.339 e. The Morgan fingerprint density at radius 2 is 1.54 bits per heavy atom. The van der Waals surface area contributed by atoms with Crippen molar-refractivity contribution in [2.75, 3.05) is 6.54 Å². The van der Waals surface area contributed by atoms with Crippen LogP contribution in [0.4, 0.5) is 0 Å². The van der Waals surface area contributed by atoms with Gasteiger partial charge in [-0.1, -0.05) is 81.3 Å². The first kappa shape index (κ1) is 18.7. The number of aromatic nitrogens is 2. The van der Waals surface area contributed by atoms with Gasteiger partial charge in [0.15, 0.2) is 0 Å². The molecule has 132 valence electrons. The summed E-state index contributed by atoms with van der Waals surface area (Å²) in [5.41, 5.74) is 7.88. The van der Waals surface area contributed by atoms with Crippen molar-refractivity contribution in [3.63, 3.8) is 0 Å². The Hall–Kier alpha value is -1.68. The normalized spacial score (nSPS) is 11.1. The molecule has 1 aromatic heterocycles. The summed E-state index contributed by atoms with van der Waals surface area (Å²) in [5.74, 6) is 1.26. The Bertz CT molecular complexity index is 563. The van der Waals surface area contributed by atoms with Crippen molar-refractivity contribution in [3.05, 3.63) is 35.7 Å². The standard InChI is InChI=1S/C20H31N3O/c1-2-3-4-5-6-7-8-9-10-17-11-13-18(14-12-17)20-22-19(15-16-21)24-23-20/h11-14H,2-10,15-16,21H2,1H3. The van der Waals surface area contributed by atoms with Gasteiger partial charge in [0, 0.05) is 18.5 Å². The third-order valence-electron chi connectivity index (χ3n) is 4.36. The van der Waals surface area contributed by atoms with Crippen molar-refractivity contribution in [3.8, 4) is 11.4 Å². The largest absolute Gasteiger partial charge is 0.339 e. The summed E-state index contributed by atoms with van der Waals surface area (Å²) in [6.45, 7) is 2.79. The van der Waals surface area contributed by atoms with Gasteiger partial charge in [-0.3, -0.25) is 0 Å². The Morgan fingerprint density at radius 1 is 0.875 bits per heavy atom. The van der Waals surface area contributed by atoms with Crippen LogP contribution in [-0.2, 0) is 12.8 Å². The number of nitrogens with zero attached hydrogens (tertiary/aromatic N) is 2. The van der Waals surface area contributed by atoms with Gasteiger partial charge < -0.3 is 10.3 Å². The zero-order chi connectivity index (χ0) is 17.0. The van der Waals surface area contributed by atoms with Gasteiger partial charge >= 0.3 is 0 Å². The quantitative estimate of drug-likeness (QED) is 0.561. The third kappa shape index (κ3) is 6.44. The fourth-order valence-electron chi connectivity index (χ4n) is 2.88. The smallest absolute Gasteiger partial charge is 0.228 e. The van der Waals surface area contributed by atoms with Gasteiger partial charge in [0.25, 0.3) is 0 Å². The van der Waals surface area contributed by atoms with Crippen LogP contribution in [0.3, 0.4) is 0 Å². The molecule has 0 saturated carbocycles.